The molecule has 2 atom stereocenters. The Morgan fingerprint density at radius 1 is 1.14 bits per heavy atom. The zero-order valence-corrected chi connectivity index (χ0v) is 13.8. The van der Waals surface area contributed by atoms with Crippen LogP contribution in [0.2, 0.25) is 0 Å². The molecule has 4 nitrogen and oxygen atoms in total. The average molecular weight is 295 g/mol. The number of ether oxygens (including phenoxy) is 2. The summed E-state index contributed by atoms with van der Waals surface area (Å²) in [7, 11) is 1.69. The Balaban J connectivity index is 2.42. The van der Waals surface area contributed by atoms with Crippen LogP contribution in [0.1, 0.15) is 25.0 Å². The van der Waals surface area contributed by atoms with E-state index in [0.29, 0.717) is 19.1 Å². The first-order valence-electron chi connectivity index (χ1n) is 7.55. The van der Waals surface area contributed by atoms with Crippen molar-refractivity contribution < 1.29 is 14.6 Å². The van der Waals surface area contributed by atoms with Gasteiger partial charge in [-0.2, -0.15) is 0 Å². The Hall–Kier alpha value is -1.10. The number of para-hydroxylation sites is 1. The molecule has 2 N–H and O–H groups in total. The third-order valence-corrected chi connectivity index (χ3v) is 3.60. The normalized spacial score (nSPS) is 14.2. The van der Waals surface area contributed by atoms with E-state index in [1.165, 1.54) is 0 Å². The molecule has 0 saturated heterocycles. The van der Waals surface area contributed by atoms with Crippen LogP contribution in [0.4, 0.5) is 0 Å². The Kier molecular flexibility index (Phi) is 7.72. The van der Waals surface area contributed by atoms with Crippen LogP contribution in [0.15, 0.2) is 18.2 Å². The monoisotopic (exact) mass is 295 g/mol. The number of rotatable bonds is 9. The summed E-state index contributed by atoms with van der Waals surface area (Å²) in [4.78, 5) is 0. The number of nitrogens with one attached hydrogen (secondary N) is 1. The summed E-state index contributed by atoms with van der Waals surface area (Å²) in [5.74, 6) is 1.32. The lowest BCUT2D eigenvalue weighted by Gasteiger charge is -2.23. The molecule has 0 amide bonds. The highest BCUT2D eigenvalue weighted by atomic mass is 16.5. The third kappa shape index (κ3) is 6.04. The molecule has 21 heavy (non-hydrogen) atoms. The van der Waals surface area contributed by atoms with Gasteiger partial charge in [0.05, 0.1) is 6.61 Å². The first kappa shape index (κ1) is 18.0. The smallest absolute Gasteiger partial charge is 0.125 e. The number of hydrogen-bond acceptors (Lipinski definition) is 4. The second-order valence-corrected chi connectivity index (χ2v) is 5.90. The summed E-state index contributed by atoms with van der Waals surface area (Å²) < 4.78 is 10.9. The van der Waals surface area contributed by atoms with Crippen LogP contribution >= 0.6 is 0 Å². The SMILES string of the molecule is COCC(NCC(O)COc1c(C)cccc1C)C(C)C. The van der Waals surface area contributed by atoms with Crippen molar-refractivity contribution in [3.8, 4) is 5.75 Å². The Labute approximate surface area is 128 Å². The van der Waals surface area contributed by atoms with Crippen molar-refractivity contribution in [2.75, 3.05) is 26.9 Å². The molecule has 2 unspecified atom stereocenters. The van der Waals surface area contributed by atoms with Crippen LogP contribution in [-0.4, -0.2) is 44.1 Å². The summed E-state index contributed by atoms with van der Waals surface area (Å²) in [6.07, 6.45) is -0.540. The maximum atomic E-state index is 10.1. The van der Waals surface area contributed by atoms with E-state index in [9.17, 15) is 5.11 Å². The molecule has 0 heterocycles. The second-order valence-electron chi connectivity index (χ2n) is 5.90. The fourth-order valence-corrected chi connectivity index (χ4v) is 2.22. The molecule has 0 saturated carbocycles. The molecule has 0 aromatic heterocycles. The molecule has 0 fully saturated rings. The van der Waals surface area contributed by atoms with Crippen LogP contribution < -0.4 is 10.1 Å². The van der Waals surface area contributed by atoms with Gasteiger partial charge in [-0.1, -0.05) is 32.0 Å². The third-order valence-electron chi connectivity index (χ3n) is 3.60. The van der Waals surface area contributed by atoms with Gasteiger partial charge in [-0.05, 0) is 30.9 Å². The van der Waals surface area contributed by atoms with Crippen molar-refractivity contribution in [1.29, 1.82) is 0 Å². The number of methoxy groups -OCH3 is 1. The van der Waals surface area contributed by atoms with Gasteiger partial charge in [0, 0.05) is 19.7 Å². The number of hydrogen-bond donors (Lipinski definition) is 2. The number of aliphatic hydroxyl groups excluding tert-OH is 1. The van der Waals surface area contributed by atoms with Gasteiger partial charge in [0.2, 0.25) is 0 Å². The molecule has 0 bridgehead atoms. The highest BCUT2D eigenvalue weighted by Crippen LogP contribution is 2.22. The predicted molar refractivity (Wildman–Crippen MR) is 85.9 cm³/mol. The largest absolute Gasteiger partial charge is 0.490 e. The van der Waals surface area contributed by atoms with E-state index in [4.69, 9.17) is 9.47 Å². The first-order chi connectivity index (χ1) is 9.95. The Bertz CT molecular complexity index is 400. The highest BCUT2D eigenvalue weighted by Gasteiger charge is 2.15. The highest BCUT2D eigenvalue weighted by molar-refractivity contribution is 5.39. The zero-order valence-electron chi connectivity index (χ0n) is 13.8. The molecule has 120 valence electrons. The molecule has 0 aliphatic rings. The predicted octanol–water partition coefficient (Wildman–Crippen LogP) is 2.30. The van der Waals surface area contributed by atoms with E-state index in [1.54, 1.807) is 7.11 Å². The molecule has 0 spiro atoms. The van der Waals surface area contributed by atoms with Gasteiger partial charge in [-0.15, -0.1) is 0 Å². The first-order valence-corrected chi connectivity index (χ1v) is 7.55. The van der Waals surface area contributed by atoms with Gasteiger partial charge in [0.25, 0.3) is 0 Å². The Morgan fingerprint density at radius 3 is 2.29 bits per heavy atom. The molecule has 0 radical (unpaired) electrons. The second kappa shape index (κ2) is 9.03. The maximum Gasteiger partial charge on any atom is 0.125 e. The molecule has 1 aromatic rings. The van der Waals surface area contributed by atoms with E-state index < -0.39 is 6.10 Å². The maximum absolute atomic E-state index is 10.1. The van der Waals surface area contributed by atoms with Gasteiger partial charge in [-0.25, -0.2) is 0 Å². The van der Waals surface area contributed by atoms with Gasteiger partial charge in [0.15, 0.2) is 0 Å². The average Bonchev–Trinajstić information content (AvgIpc) is 2.42. The minimum atomic E-state index is -0.540. The van der Waals surface area contributed by atoms with Gasteiger partial charge in [-0.3, -0.25) is 0 Å². The molecular formula is C17H29NO3. The van der Waals surface area contributed by atoms with Gasteiger partial charge >= 0.3 is 0 Å². The van der Waals surface area contributed by atoms with E-state index in [2.05, 4.69) is 19.2 Å². The summed E-state index contributed by atoms with van der Waals surface area (Å²) in [5.41, 5.74) is 2.18. The van der Waals surface area contributed by atoms with Crippen molar-refractivity contribution in [3.63, 3.8) is 0 Å². The van der Waals surface area contributed by atoms with Crippen molar-refractivity contribution in [3.05, 3.63) is 29.3 Å². The van der Waals surface area contributed by atoms with E-state index in [0.717, 1.165) is 16.9 Å². The summed E-state index contributed by atoms with van der Waals surface area (Å²) in [5, 5.41) is 13.4. The Morgan fingerprint density at radius 2 is 1.76 bits per heavy atom. The van der Waals surface area contributed by atoms with Gasteiger partial charge in [0.1, 0.15) is 18.5 Å². The lowest BCUT2D eigenvalue weighted by atomic mass is 10.1. The minimum absolute atomic E-state index is 0.241. The quantitative estimate of drug-likeness (QED) is 0.734. The molecule has 4 heteroatoms. The fraction of sp³-hybridized carbons (Fsp3) is 0.647. The molecule has 1 rings (SSSR count). The van der Waals surface area contributed by atoms with Crippen LogP contribution in [0.3, 0.4) is 0 Å². The van der Waals surface area contributed by atoms with Crippen LogP contribution in [0.25, 0.3) is 0 Å². The molecular weight excluding hydrogens is 266 g/mol. The van der Waals surface area contributed by atoms with Crippen molar-refractivity contribution >= 4 is 0 Å². The summed E-state index contributed by atoms with van der Waals surface area (Å²) in [6.45, 7) is 9.73. The molecule has 1 aromatic carbocycles. The zero-order chi connectivity index (χ0) is 15.8. The van der Waals surface area contributed by atoms with Crippen molar-refractivity contribution in [2.24, 2.45) is 5.92 Å². The van der Waals surface area contributed by atoms with E-state index in [-0.39, 0.29) is 12.6 Å². The minimum Gasteiger partial charge on any atom is -0.490 e. The van der Waals surface area contributed by atoms with Gasteiger partial charge < -0.3 is 19.9 Å². The summed E-state index contributed by atoms with van der Waals surface area (Å²) in [6, 6.07) is 6.28. The standard InChI is InChI=1S/C17H29NO3/c1-12(2)16(11-20-5)18-9-15(19)10-21-17-13(3)7-6-8-14(17)4/h6-8,12,15-16,18-19H,9-11H2,1-5H3. The van der Waals surface area contributed by atoms with Crippen molar-refractivity contribution in [2.45, 2.75) is 39.8 Å². The van der Waals surface area contributed by atoms with Crippen LogP contribution in [-0.2, 0) is 4.74 Å². The summed E-state index contributed by atoms with van der Waals surface area (Å²) >= 11 is 0. The molecule has 0 aliphatic heterocycles. The van der Waals surface area contributed by atoms with E-state index in [1.807, 2.05) is 32.0 Å². The number of aryl methyl sites for hydroxylation is 2. The van der Waals surface area contributed by atoms with Crippen LogP contribution in [0.5, 0.6) is 5.75 Å². The van der Waals surface area contributed by atoms with Crippen LogP contribution in [0, 0.1) is 19.8 Å². The van der Waals surface area contributed by atoms with E-state index >= 15 is 0 Å². The lowest BCUT2D eigenvalue weighted by molar-refractivity contribution is 0.0896. The fourth-order valence-electron chi connectivity index (χ4n) is 2.22. The van der Waals surface area contributed by atoms with Crippen molar-refractivity contribution in [1.82, 2.24) is 5.32 Å². The number of aliphatic hydroxyl groups is 1. The molecule has 0 aliphatic carbocycles. The topological polar surface area (TPSA) is 50.7 Å². The lowest BCUT2D eigenvalue weighted by Crippen LogP contribution is -2.43. The number of benzene rings is 1.